The molecule has 0 spiro atoms. The van der Waals surface area contributed by atoms with E-state index in [0.717, 1.165) is 19.5 Å². The maximum atomic E-state index is 11.5. The Hall–Kier alpha value is -1.26. The van der Waals surface area contributed by atoms with Crippen molar-refractivity contribution in [3.8, 4) is 0 Å². The predicted octanol–water partition coefficient (Wildman–Crippen LogP) is -0.171. The topological polar surface area (TPSA) is 60.9 Å². The van der Waals surface area contributed by atoms with Crippen molar-refractivity contribution in [2.45, 2.75) is 6.42 Å². The summed E-state index contributed by atoms with van der Waals surface area (Å²) < 4.78 is 0. The van der Waals surface area contributed by atoms with Crippen LogP contribution in [0, 0.1) is 5.92 Å². The molecule has 2 aliphatic rings. The van der Waals surface area contributed by atoms with Crippen LogP contribution in [0.1, 0.15) is 6.42 Å². The van der Waals surface area contributed by atoms with Gasteiger partial charge in [-0.1, -0.05) is 0 Å². The zero-order valence-corrected chi connectivity index (χ0v) is 7.27. The highest BCUT2D eigenvalue weighted by atomic mass is 16.4. The van der Waals surface area contributed by atoms with Gasteiger partial charge in [-0.25, -0.2) is 4.79 Å². The number of hydrogen-bond acceptors (Lipinski definition) is 2. The zero-order chi connectivity index (χ0) is 9.42. The Morgan fingerprint density at radius 3 is 2.15 bits per heavy atom. The summed E-state index contributed by atoms with van der Waals surface area (Å²) >= 11 is 0. The normalized spacial score (nSPS) is 22.2. The van der Waals surface area contributed by atoms with Crippen molar-refractivity contribution >= 4 is 12.0 Å². The second-order valence-corrected chi connectivity index (χ2v) is 3.56. The number of carboxylic acid groups (broad SMARTS) is 1. The van der Waals surface area contributed by atoms with Crippen molar-refractivity contribution in [1.29, 1.82) is 0 Å². The molecule has 2 heterocycles. The number of amides is 2. The van der Waals surface area contributed by atoms with E-state index in [1.807, 2.05) is 0 Å². The average molecular weight is 184 g/mol. The highest BCUT2D eigenvalue weighted by Crippen LogP contribution is 2.20. The van der Waals surface area contributed by atoms with Crippen molar-refractivity contribution in [2.75, 3.05) is 26.2 Å². The van der Waals surface area contributed by atoms with Crippen LogP contribution in [0.5, 0.6) is 0 Å². The molecule has 0 aromatic rings. The molecule has 0 aliphatic carbocycles. The lowest BCUT2D eigenvalue weighted by atomic mass is 9.97. The monoisotopic (exact) mass is 184 g/mol. The molecule has 0 aromatic heterocycles. The van der Waals surface area contributed by atoms with E-state index in [9.17, 15) is 9.59 Å². The van der Waals surface area contributed by atoms with Crippen LogP contribution in [0.2, 0.25) is 0 Å². The summed E-state index contributed by atoms with van der Waals surface area (Å²) in [5.41, 5.74) is 0. The summed E-state index contributed by atoms with van der Waals surface area (Å²) in [7, 11) is 0. The van der Waals surface area contributed by atoms with E-state index in [2.05, 4.69) is 0 Å². The minimum Gasteiger partial charge on any atom is -0.465 e. The number of carbonyl (C=O) groups is 2. The fraction of sp³-hybridized carbons (Fsp3) is 0.750. The smallest absolute Gasteiger partial charge is 0.407 e. The molecular weight excluding hydrogens is 172 g/mol. The number of hydrogen-bond donors (Lipinski definition) is 1. The molecule has 5 heteroatoms. The maximum Gasteiger partial charge on any atom is 0.407 e. The standard InChI is InChI=1S/C8H12N2O3/c11-7(9-2-1-3-9)6-4-10(5-6)8(12)13/h6H,1-5H2,(H,12,13). The minimum atomic E-state index is -0.923. The largest absolute Gasteiger partial charge is 0.465 e. The number of likely N-dealkylation sites (tertiary alicyclic amines) is 2. The van der Waals surface area contributed by atoms with E-state index in [-0.39, 0.29) is 11.8 Å². The first-order valence-electron chi connectivity index (χ1n) is 4.45. The Morgan fingerprint density at radius 1 is 1.15 bits per heavy atom. The molecule has 0 unspecified atom stereocenters. The van der Waals surface area contributed by atoms with E-state index in [1.54, 1.807) is 4.90 Å². The SMILES string of the molecule is O=C(O)N1CC(C(=O)N2CCC2)C1. The number of rotatable bonds is 1. The number of nitrogens with zero attached hydrogens (tertiary/aromatic N) is 2. The fourth-order valence-electron chi connectivity index (χ4n) is 1.59. The predicted molar refractivity (Wildman–Crippen MR) is 44.3 cm³/mol. The second-order valence-electron chi connectivity index (χ2n) is 3.56. The van der Waals surface area contributed by atoms with Crippen LogP contribution in [0.15, 0.2) is 0 Å². The molecular formula is C8H12N2O3. The lowest BCUT2D eigenvalue weighted by Gasteiger charge is -2.41. The van der Waals surface area contributed by atoms with E-state index < -0.39 is 6.09 Å². The van der Waals surface area contributed by atoms with Gasteiger partial charge in [-0.15, -0.1) is 0 Å². The molecule has 2 saturated heterocycles. The van der Waals surface area contributed by atoms with Gasteiger partial charge in [-0.2, -0.15) is 0 Å². The van der Waals surface area contributed by atoms with Gasteiger partial charge >= 0.3 is 6.09 Å². The lowest BCUT2D eigenvalue weighted by molar-refractivity contribution is -0.143. The van der Waals surface area contributed by atoms with E-state index in [1.165, 1.54) is 4.90 Å². The summed E-state index contributed by atoms with van der Waals surface area (Å²) in [4.78, 5) is 24.9. The lowest BCUT2D eigenvalue weighted by Crippen LogP contribution is -2.58. The molecule has 72 valence electrons. The van der Waals surface area contributed by atoms with Gasteiger partial charge in [-0.05, 0) is 6.42 Å². The average Bonchev–Trinajstić information content (AvgIpc) is 1.76. The Kier molecular flexibility index (Phi) is 1.86. The first kappa shape index (κ1) is 8.34. The Labute approximate surface area is 75.9 Å². The Morgan fingerprint density at radius 2 is 1.77 bits per heavy atom. The van der Waals surface area contributed by atoms with Crippen LogP contribution in [0.25, 0.3) is 0 Å². The highest BCUT2D eigenvalue weighted by molar-refractivity contribution is 5.82. The molecule has 2 fully saturated rings. The first-order valence-corrected chi connectivity index (χ1v) is 4.45. The van der Waals surface area contributed by atoms with Gasteiger partial charge in [0.25, 0.3) is 0 Å². The summed E-state index contributed by atoms with van der Waals surface area (Å²) in [5.74, 6) is 0.0557. The Bertz CT molecular complexity index is 244. The molecule has 2 aliphatic heterocycles. The summed E-state index contributed by atoms with van der Waals surface area (Å²) in [6.07, 6.45) is 0.161. The van der Waals surface area contributed by atoms with Crippen LogP contribution in [0.4, 0.5) is 4.79 Å². The van der Waals surface area contributed by atoms with Crippen LogP contribution < -0.4 is 0 Å². The van der Waals surface area contributed by atoms with E-state index >= 15 is 0 Å². The molecule has 0 atom stereocenters. The van der Waals surface area contributed by atoms with Crippen molar-refractivity contribution in [3.63, 3.8) is 0 Å². The fourth-order valence-corrected chi connectivity index (χ4v) is 1.59. The van der Waals surface area contributed by atoms with Crippen LogP contribution in [-0.4, -0.2) is 53.1 Å². The van der Waals surface area contributed by atoms with Crippen molar-refractivity contribution in [3.05, 3.63) is 0 Å². The van der Waals surface area contributed by atoms with Crippen LogP contribution >= 0.6 is 0 Å². The third-order valence-corrected chi connectivity index (χ3v) is 2.67. The number of carbonyl (C=O) groups excluding carboxylic acids is 1. The molecule has 2 rings (SSSR count). The molecule has 0 saturated carbocycles. The maximum absolute atomic E-state index is 11.5. The highest BCUT2D eigenvalue weighted by Gasteiger charge is 2.38. The van der Waals surface area contributed by atoms with Crippen molar-refractivity contribution < 1.29 is 14.7 Å². The quantitative estimate of drug-likeness (QED) is 0.615. The minimum absolute atomic E-state index is 0.0728. The van der Waals surface area contributed by atoms with Crippen LogP contribution in [0.3, 0.4) is 0 Å². The van der Waals surface area contributed by atoms with Gasteiger partial charge in [-0.3, -0.25) is 4.79 Å². The molecule has 0 radical (unpaired) electrons. The molecule has 13 heavy (non-hydrogen) atoms. The van der Waals surface area contributed by atoms with Gasteiger partial charge in [0.1, 0.15) is 0 Å². The Balaban J connectivity index is 1.79. The van der Waals surface area contributed by atoms with E-state index in [0.29, 0.717) is 13.1 Å². The molecule has 0 aromatic carbocycles. The van der Waals surface area contributed by atoms with Gasteiger partial charge in [0.15, 0.2) is 0 Å². The summed E-state index contributed by atoms with van der Waals surface area (Å²) in [6, 6.07) is 0. The van der Waals surface area contributed by atoms with Gasteiger partial charge in [0.2, 0.25) is 5.91 Å². The second kappa shape index (κ2) is 2.90. The summed E-state index contributed by atoms with van der Waals surface area (Å²) in [6.45, 7) is 2.46. The van der Waals surface area contributed by atoms with E-state index in [4.69, 9.17) is 5.11 Å². The zero-order valence-electron chi connectivity index (χ0n) is 7.27. The van der Waals surface area contributed by atoms with Gasteiger partial charge in [0, 0.05) is 26.2 Å². The van der Waals surface area contributed by atoms with Crippen LogP contribution in [-0.2, 0) is 4.79 Å². The molecule has 2 amide bonds. The van der Waals surface area contributed by atoms with Gasteiger partial charge in [0.05, 0.1) is 5.92 Å². The molecule has 0 bridgehead atoms. The third kappa shape index (κ3) is 1.34. The summed E-state index contributed by atoms with van der Waals surface area (Å²) in [5, 5.41) is 8.54. The molecule has 1 N–H and O–H groups in total. The van der Waals surface area contributed by atoms with Gasteiger partial charge < -0.3 is 14.9 Å². The van der Waals surface area contributed by atoms with Crippen molar-refractivity contribution in [1.82, 2.24) is 9.80 Å². The molecule has 5 nitrogen and oxygen atoms in total. The third-order valence-electron chi connectivity index (χ3n) is 2.67. The van der Waals surface area contributed by atoms with Crippen molar-refractivity contribution in [2.24, 2.45) is 5.92 Å². The first-order chi connectivity index (χ1) is 6.18.